The number of para-hydroxylation sites is 1. The number of aromatic nitrogens is 3. The Kier molecular flexibility index (Phi) is 6.95. The molecule has 0 fully saturated rings. The van der Waals surface area contributed by atoms with E-state index in [-0.39, 0.29) is 5.91 Å². The number of benzene rings is 3. The molecule has 1 heterocycles. The molecule has 0 aliphatic carbocycles. The number of rotatable bonds is 7. The van der Waals surface area contributed by atoms with E-state index in [4.69, 9.17) is 4.74 Å². The number of nitrogens with one attached hydrogen (secondary N) is 1. The summed E-state index contributed by atoms with van der Waals surface area (Å²) in [5.41, 5.74) is 3.81. The summed E-state index contributed by atoms with van der Waals surface area (Å²) < 4.78 is 7.21. The number of nitriles is 1. The Morgan fingerprint density at radius 3 is 2.44 bits per heavy atom. The average molecular weight is 470 g/mol. The van der Waals surface area contributed by atoms with Gasteiger partial charge < -0.3 is 10.1 Å². The number of ether oxygens (including phenoxy) is 1. The molecule has 0 spiro atoms. The normalized spacial score (nSPS) is 11.5. The molecule has 1 unspecified atom stereocenters. The number of carbonyl (C=O) groups excluding carboxylic acids is 1. The van der Waals surface area contributed by atoms with Crippen LogP contribution in [0.3, 0.4) is 0 Å². The summed E-state index contributed by atoms with van der Waals surface area (Å²) in [5, 5.41) is 21.1. The Bertz CT molecular complexity index is 1340. The van der Waals surface area contributed by atoms with Gasteiger partial charge in [0.05, 0.1) is 23.6 Å². The van der Waals surface area contributed by atoms with Gasteiger partial charge in [0, 0.05) is 11.3 Å². The van der Waals surface area contributed by atoms with Crippen molar-refractivity contribution >= 4 is 23.4 Å². The molecule has 3 aromatic carbocycles. The minimum absolute atomic E-state index is 0.225. The van der Waals surface area contributed by atoms with Crippen LogP contribution < -0.4 is 10.1 Å². The van der Waals surface area contributed by atoms with Crippen LogP contribution in [0.1, 0.15) is 18.1 Å². The lowest BCUT2D eigenvalue weighted by molar-refractivity contribution is -0.115. The number of anilines is 1. The summed E-state index contributed by atoms with van der Waals surface area (Å²) >= 11 is 1.30. The summed E-state index contributed by atoms with van der Waals surface area (Å²) in [6, 6.07) is 24.7. The summed E-state index contributed by atoms with van der Waals surface area (Å²) in [6.45, 7) is 3.83. The van der Waals surface area contributed by atoms with Gasteiger partial charge >= 0.3 is 0 Å². The highest BCUT2D eigenvalue weighted by Gasteiger charge is 2.22. The van der Waals surface area contributed by atoms with E-state index in [0.717, 1.165) is 22.6 Å². The van der Waals surface area contributed by atoms with Crippen LogP contribution in [0.25, 0.3) is 17.1 Å². The Balaban J connectivity index is 1.65. The maximum atomic E-state index is 12.9. The maximum Gasteiger partial charge on any atom is 0.237 e. The van der Waals surface area contributed by atoms with Gasteiger partial charge in [0.25, 0.3) is 0 Å². The van der Waals surface area contributed by atoms with Gasteiger partial charge in [-0.05, 0) is 62.4 Å². The first kappa shape index (κ1) is 23.1. The molecule has 7 nitrogen and oxygen atoms in total. The zero-order valence-corrected chi connectivity index (χ0v) is 19.8. The molecule has 1 aromatic heterocycles. The predicted octanol–water partition coefficient (Wildman–Crippen LogP) is 5.24. The SMILES string of the molecule is COc1ccc(-c2nnc(SC(C)C(=O)Nc3ccccc3C#N)n2-c2ccc(C)cc2)cc1. The first-order chi connectivity index (χ1) is 16.5. The third kappa shape index (κ3) is 4.95. The number of thioether (sulfide) groups is 1. The van der Waals surface area contributed by atoms with Crippen molar-refractivity contribution in [2.24, 2.45) is 0 Å². The summed E-state index contributed by atoms with van der Waals surface area (Å²) in [4.78, 5) is 12.9. The van der Waals surface area contributed by atoms with Crippen LogP contribution >= 0.6 is 11.8 Å². The molecule has 8 heteroatoms. The number of methoxy groups -OCH3 is 1. The van der Waals surface area contributed by atoms with Crippen LogP contribution in [0.5, 0.6) is 5.75 Å². The first-order valence-corrected chi connectivity index (χ1v) is 11.5. The second-order valence-corrected chi connectivity index (χ2v) is 8.92. The van der Waals surface area contributed by atoms with Crippen molar-refractivity contribution in [3.63, 3.8) is 0 Å². The Hall–Kier alpha value is -4.09. The molecule has 34 heavy (non-hydrogen) atoms. The molecule has 0 saturated heterocycles. The molecular weight excluding hydrogens is 446 g/mol. The minimum atomic E-state index is -0.483. The quantitative estimate of drug-likeness (QED) is 0.372. The number of amides is 1. The van der Waals surface area contributed by atoms with Crippen molar-refractivity contribution in [3.05, 3.63) is 83.9 Å². The fourth-order valence-corrected chi connectivity index (χ4v) is 4.20. The Morgan fingerprint density at radius 2 is 1.76 bits per heavy atom. The van der Waals surface area contributed by atoms with Crippen molar-refractivity contribution in [2.45, 2.75) is 24.3 Å². The number of nitrogens with zero attached hydrogens (tertiary/aromatic N) is 4. The summed E-state index contributed by atoms with van der Waals surface area (Å²) in [5.74, 6) is 1.19. The molecule has 4 aromatic rings. The Morgan fingerprint density at radius 1 is 1.06 bits per heavy atom. The highest BCUT2D eigenvalue weighted by atomic mass is 32.2. The largest absolute Gasteiger partial charge is 0.497 e. The number of aryl methyl sites for hydroxylation is 1. The van der Waals surface area contributed by atoms with E-state index in [2.05, 4.69) is 21.6 Å². The lowest BCUT2D eigenvalue weighted by atomic mass is 10.2. The van der Waals surface area contributed by atoms with Crippen LogP contribution in [-0.4, -0.2) is 33.0 Å². The zero-order chi connectivity index (χ0) is 24.1. The fraction of sp³-hybridized carbons (Fsp3) is 0.154. The van der Waals surface area contributed by atoms with Crippen molar-refractivity contribution < 1.29 is 9.53 Å². The van der Waals surface area contributed by atoms with Gasteiger partial charge in [-0.1, -0.05) is 41.6 Å². The molecule has 0 aliphatic heterocycles. The summed E-state index contributed by atoms with van der Waals surface area (Å²) in [6.07, 6.45) is 0. The number of carbonyl (C=O) groups is 1. The minimum Gasteiger partial charge on any atom is -0.497 e. The van der Waals surface area contributed by atoms with Gasteiger partial charge in [-0.15, -0.1) is 10.2 Å². The van der Waals surface area contributed by atoms with E-state index in [1.807, 2.05) is 60.0 Å². The van der Waals surface area contributed by atoms with Crippen LogP contribution in [0.2, 0.25) is 0 Å². The van der Waals surface area contributed by atoms with Crippen LogP contribution in [0.15, 0.2) is 78.0 Å². The standard InChI is InChI=1S/C26H23N5O2S/c1-17-8-12-21(13-9-17)31-24(19-10-14-22(33-3)15-11-19)29-30-26(31)34-18(2)25(32)28-23-7-5-4-6-20(23)16-27/h4-15,18H,1-3H3,(H,28,32). The van der Waals surface area contributed by atoms with E-state index in [9.17, 15) is 10.1 Å². The van der Waals surface area contributed by atoms with Crippen LogP contribution in [0.4, 0.5) is 5.69 Å². The summed E-state index contributed by atoms with van der Waals surface area (Å²) in [7, 11) is 1.63. The molecule has 0 saturated carbocycles. The molecule has 170 valence electrons. The second kappa shape index (κ2) is 10.2. The van der Waals surface area contributed by atoms with Crippen molar-refractivity contribution in [1.29, 1.82) is 5.26 Å². The van der Waals surface area contributed by atoms with E-state index >= 15 is 0 Å². The molecular formula is C26H23N5O2S. The fourth-order valence-electron chi connectivity index (χ4n) is 3.34. The van der Waals surface area contributed by atoms with E-state index < -0.39 is 5.25 Å². The van der Waals surface area contributed by atoms with Crippen molar-refractivity contribution in [3.8, 4) is 28.9 Å². The smallest absolute Gasteiger partial charge is 0.237 e. The third-order valence-corrected chi connectivity index (χ3v) is 6.27. The van der Waals surface area contributed by atoms with Crippen LogP contribution in [0, 0.1) is 18.3 Å². The first-order valence-electron chi connectivity index (χ1n) is 10.6. The number of hydrogen-bond acceptors (Lipinski definition) is 6. The van der Waals surface area contributed by atoms with Gasteiger partial charge in [0.1, 0.15) is 11.8 Å². The molecule has 0 radical (unpaired) electrons. The maximum absolute atomic E-state index is 12.9. The molecule has 1 N–H and O–H groups in total. The van der Waals surface area contributed by atoms with E-state index in [0.29, 0.717) is 22.2 Å². The molecule has 1 atom stereocenters. The van der Waals surface area contributed by atoms with Crippen LogP contribution in [-0.2, 0) is 4.79 Å². The lowest BCUT2D eigenvalue weighted by Gasteiger charge is -2.15. The topological polar surface area (TPSA) is 92.8 Å². The molecule has 0 bridgehead atoms. The third-order valence-electron chi connectivity index (χ3n) is 5.23. The number of hydrogen-bond donors (Lipinski definition) is 1. The highest BCUT2D eigenvalue weighted by molar-refractivity contribution is 8.00. The van der Waals surface area contributed by atoms with E-state index in [1.54, 1.807) is 38.3 Å². The van der Waals surface area contributed by atoms with Gasteiger partial charge in [0.2, 0.25) is 5.91 Å². The Labute approximate surface area is 202 Å². The van der Waals surface area contributed by atoms with Gasteiger partial charge in [-0.3, -0.25) is 9.36 Å². The van der Waals surface area contributed by atoms with Crippen molar-refractivity contribution in [1.82, 2.24) is 14.8 Å². The van der Waals surface area contributed by atoms with Crippen molar-refractivity contribution in [2.75, 3.05) is 12.4 Å². The monoisotopic (exact) mass is 469 g/mol. The van der Waals surface area contributed by atoms with Gasteiger partial charge in [0.15, 0.2) is 11.0 Å². The van der Waals surface area contributed by atoms with E-state index in [1.165, 1.54) is 11.8 Å². The van der Waals surface area contributed by atoms with Gasteiger partial charge in [-0.2, -0.15) is 5.26 Å². The zero-order valence-electron chi connectivity index (χ0n) is 19.0. The highest BCUT2D eigenvalue weighted by Crippen LogP contribution is 2.31. The molecule has 4 rings (SSSR count). The molecule has 0 aliphatic rings. The molecule has 1 amide bonds. The second-order valence-electron chi connectivity index (χ2n) is 7.61. The predicted molar refractivity (Wildman–Crippen MR) is 133 cm³/mol. The average Bonchev–Trinajstić information content (AvgIpc) is 3.28. The van der Waals surface area contributed by atoms with Gasteiger partial charge in [-0.25, -0.2) is 0 Å². The lowest BCUT2D eigenvalue weighted by Crippen LogP contribution is -2.23.